The number of aliphatic hydroxyl groups is 1. The summed E-state index contributed by atoms with van der Waals surface area (Å²) in [6.45, 7) is 8.42. The summed E-state index contributed by atoms with van der Waals surface area (Å²) in [5.41, 5.74) is 2.13. The maximum atomic E-state index is 14.5. The number of methoxy groups -OCH3 is 1. The average molecular weight is 504 g/mol. The highest BCUT2D eigenvalue weighted by atomic mass is 19.1. The van der Waals surface area contributed by atoms with Crippen molar-refractivity contribution in [3.63, 3.8) is 0 Å². The minimum absolute atomic E-state index is 0.111. The van der Waals surface area contributed by atoms with Crippen molar-refractivity contribution >= 4 is 0 Å². The first-order valence-electron chi connectivity index (χ1n) is 12.0. The van der Waals surface area contributed by atoms with E-state index in [9.17, 15) is 13.9 Å². The predicted molar refractivity (Wildman–Crippen MR) is 134 cm³/mol. The lowest BCUT2D eigenvalue weighted by atomic mass is 10.2. The van der Waals surface area contributed by atoms with Gasteiger partial charge in [-0.15, -0.1) is 0 Å². The molecule has 1 atom stereocenters. The molecule has 0 aliphatic rings. The molecule has 0 amide bonds. The van der Waals surface area contributed by atoms with E-state index in [1.54, 1.807) is 11.8 Å². The Kier molecular flexibility index (Phi) is 10.4. The number of aromatic nitrogens is 2. The number of aliphatic hydroxyl groups excluding tert-OH is 1. The monoisotopic (exact) mass is 503 g/mol. The van der Waals surface area contributed by atoms with Gasteiger partial charge in [-0.2, -0.15) is 5.10 Å². The van der Waals surface area contributed by atoms with Gasteiger partial charge in [-0.1, -0.05) is 32.0 Å². The van der Waals surface area contributed by atoms with E-state index in [-0.39, 0.29) is 12.4 Å². The lowest BCUT2D eigenvalue weighted by molar-refractivity contribution is 0.00323. The van der Waals surface area contributed by atoms with Gasteiger partial charge in [-0.3, -0.25) is 4.90 Å². The first-order chi connectivity index (χ1) is 17.3. The molecule has 0 saturated carbocycles. The van der Waals surface area contributed by atoms with Crippen LogP contribution in [-0.4, -0.2) is 65.9 Å². The standard InChI is InChI=1S/C27H35F2N3O4/c1-19(2)17-35-18-23(33)15-31(12-13-34-4)16-24-20(3)30-32(22-8-6-5-7-9-22)27(24)36-26-11-10-21(28)14-25(26)29/h5-11,14,19,23,33H,12-13,15-18H2,1-4H3/t23-/m0/s1. The number of para-hydroxylation sites is 1. The number of nitrogens with zero attached hydrogens (tertiary/aromatic N) is 3. The number of benzene rings is 2. The van der Waals surface area contributed by atoms with Crippen LogP contribution < -0.4 is 4.74 Å². The Balaban J connectivity index is 1.92. The lowest BCUT2D eigenvalue weighted by Crippen LogP contribution is -2.37. The van der Waals surface area contributed by atoms with Gasteiger partial charge >= 0.3 is 0 Å². The van der Waals surface area contributed by atoms with Crippen LogP contribution in [-0.2, 0) is 16.0 Å². The van der Waals surface area contributed by atoms with Gasteiger partial charge in [0.2, 0.25) is 5.88 Å². The largest absolute Gasteiger partial charge is 0.435 e. The zero-order valence-corrected chi connectivity index (χ0v) is 21.3. The van der Waals surface area contributed by atoms with Gasteiger partial charge in [0, 0.05) is 39.4 Å². The summed E-state index contributed by atoms with van der Waals surface area (Å²) in [5, 5.41) is 15.2. The molecule has 2 aromatic carbocycles. The number of rotatable bonds is 14. The summed E-state index contributed by atoms with van der Waals surface area (Å²) in [6, 6.07) is 12.5. The SMILES string of the molecule is COCCN(Cc1c(C)nn(-c2ccccc2)c1Oc1ccc(F)cc1F)C[C@H](O)COCC(C)C. The molecule has 7 nitrogen and oxygen atoms in total. The first kappa shape index (κ1) is 27.7. The number of hydrogen-bond acceptors (Lipinski definition) is 6. The molecule has 0 unspecified atom stereocenters. The van der Waals surface area contributed by atoms with Gasteiger partial charge in [0.1, 0.15) is 5.82 Å². The maximum absolute atomic E-state index is 14.5. The second kappa shape index (κ2) is 13.5. The molecule has 1 heterocycles. The molecule has 36 heavy (non-hydrogen) atoms. The fourth-order valence-electron chi connectivity index (χ4n) is 3.70. The number of ether oxygens (including phenoxy) is 3. The van der Waals surface area contributed by atoms with Crippen LogP contribution in [0.15, 0.2) is 48.5 Å². The Morgan fingerprint density at radius 3 is 2.50 bits per heavy atom. The minimum atomic E-state index is -0.812. The van der Waals surface area contributed by atoms with E-state index in [0.29, 0.717) is 55.9 Å². The lowest BCUT2D eigenvalue weighted by Gasteiger charge is -2.25. The van der Waals surface area contributed by atoms with Crippen LogP contribution in [0.2, 0.25) is 0 Å². The predicted octanol–water partition coefficient (Wildman–Crippen LogP) is 4.73. The van der Waals surface area contributed by atoms with Crippen molar-refractivity contribution in [3.8, 4) is 17.3 Å². The van der Waals surface area contributed by atoms with Gasteiger partial charge in [0.05, 0.1) is 36.3 Å². The summed E-state index contributed by atoms with van der Waals surface area (Å²) in [4.78, 5) is 2.01. The van der Waals surface area contributed by atoms with Crippen molar-refractivity contribution in [2.24, 2.45) is 5.92 Å². The van der Waals surface area contributed by atoms with Gasteiger partial charge in [-0.25, -0.2) is 13.5 Å². The Morgan fingerprint density at radius 2 is 1.83 bits per heavy atom. The van der Waals surface area contributed by atoms with Crippen molar-refractivity contribution in [2.75, 3.05) is 40.0 Å². The molecule has 0 fully saturated rings. The molecule has 0 bridgehead atoms. The second-order valence-corrected chi connectivity index (χ2v) is 9.11. The summed E-state index contributed by atoms with van der Waals surface area (Å²) >= 11 is 0. The normalized spacial score (nSPS) is 12.5. The molecular formula is C27H35F2N3O4. The van der Waals surface area contributed by atoms with Crippen LogP contribution in [0.25, 0.3) is 5.69 Å². The van der Waals surface area contributed by atoms with Crippen molar-refractivity contribution in [1.82, 2.24) is 14.7 Å². The van der Waals surface area contributed by atoms with Crippen molar-refractivity contribution in [3.05, 3.63) is 71.4 Å². The van der Waals surface area contributed by atoms with E-state index >= 15 is 0 Å². The summed E-state index contributed by atoms with van der Waals surface area (Å²) in [6.07, 6.45) is -0.705. The molecule has 0 spiro atoms. The fourth-order valence-corrected chi connectivity index (χ4v) is 3.70. The number of halogens is 2. The van der Waals surface area contributed by atoms with E-state index in [1.165, 1.54) is 6.07 Å². The van der Waals surface area contributed by atoms with Gasteiger partial charge in [-0.05, 0) is 37.1 Å². The fraction of sp³-hybridized carbons (Fsp3) is 0.444. The zero-order chi connectivity index (χ0) is 26.1. The van der Waals surface area contributed by atoms with E-state index in [4.69, 9.17) is 14.2 Å². The quantitative estimate of drug-likeness (QED) is 0.343. The Labute approximate surface area is 211 Å². The van der Waals surface area contributed by atoms with Crippen LogP contribution in [0.1, 0.15) is 25.1 Å². The minimum Gasteiger partial charge on any atom is -0.435 e. The zero-order valence-electron chi connectivity index (χ0n) is 21.3. The van der Waals surface area contributed by atoms with Crippen molar-refractivity contribution in [1.29, 1.82) is 0 Å². The molecule has 3 rings (SSSR count). The molecule has 0 aliphatic heterocycles. The Bertz CT molecular complexity index is 1090. The summed E-state index contributed by atoms with van der Waals surface area (Å²) < 4.78 is 46.5. The molecule has 1 N–H and O–H groups in total. The molecule has 0 saturated heterocycles. The molecule has 196 valence electrons. The second-order valence-electron chi connectivity index (χ2n) is 9.11. The van der Waals surface area contributed by atoms with E-state index < -0.39 is 17.7 Å². The van der Waals surface area contributed by atoms with Gasteiger partial charge in [0.25, 0.3) is 0 Å². The highest BCUT2D eigenvalue weighted by Crippen LogP contribution is 2.33. The molecule has 0 aliphatic carbocycles. The van der Waals surface area contributed by atoms with Crippen LogP contribution in [0.5, 0.6) is 11.6 Å². The number of aryl methyl sites for hydroxylation is 1. The number of hydrogen-bond donors (Lipinski definition) is 1. The van der Waals surface area contributed by atoms with Gasteiger partial charge in [0.15, 0.2) is 11.6 Å². The third-order valence-corrected chi connectivity index (χ3v) is 5.46. The molecule has 0 radical (unpaired) electrons. The van der Waals surface area contributed by atoms with E-state index in [1.807, 2.05) is 42.2 Å². The first-order valence-corrected chi connectivity index (χ1v) is 12.0. The van der Waals surface area contributed by atoms with Crippen LogP contribution in [0.4, 0.5) is 8.78 Å². The Hall–Kier alpha value is -2.85. The molecule has 1 aromatic heterocycles. The Morgan fingerprint density at radius 1 is 1.08 bits per heavy atom. The van der Waals surface area contributed by atoms with Crippen molar-refractivity contribution in [2.45, 2.75) is 33.4 Å². The molecular weight excluding hydrogens is 468 g/mol. The summed E-state index contributed by atoms with van der Waals surface area (Å²) in [5.74, 6) is -0.919. The molecule has 9 heteroatoms. The maximum Gasteiger partial charge on any atom is 0.227 e. The third-order valence-electron chi connectivity index (χ3n) is 5.46. The molecule has 3 aromatic rings. The average Bonchev–Trinajstić information content (AvgIpc) is 3.14. The topological polar surface area (TPSA) is 69.0 Å². The summed E-state index contributed by atoms with van der Waals surface area (Å²) in [7, 11) is 1.62. The van der Waals surface area contributed by atoms with Crippen LogP contribution >= 0.6 is 0 Å². The highest BCUT2D eigenvalue weighted by Gasteiger charge is 2.23. The third kappa shape index (κ3) is 7.83. The van der Waals surface area contributed by atoms with Crippen LogP contribution in [0, 0.1) is 24.5 Å². The van der Waals surface area contributed by atoms with Gasteiger partial charge < -0.3 is 19.3 Å². The van der Waals surface area contributed by atoms with E-state index in [2.05, 4.69) is 18.9 Å². The van der Waals surface area contributed by atoms with Crippen LogP contribution in [0.3, 0.4) is 0 Å². The smallest absolute Gasteiger partial charge is 0.227 e. The highest BCUT2D eigenvalue weighted by molar-refractivity contribution is 5.43. The van der Waals surface area contributed by atoms with Crippen molar-refractivity contribution < 1.29 is 28.1 Å². The van der Waals surface area contributed by atoms with E-state index in [0.717, 1.165) is 17.8 Å².